The van der Waals surface area contributed by atoms with Crippen LogP contribution in [0.25, 0.3) is 0 Å². The molecule has 1 heterocycles. The van der Waals surface area contributed by atoms with Crippen molar-refractivity contribution in [2.45, 2.75) is 20.4 Å². The van der Waals surface area contributed by atoms with Gasteiger partial charge in [-0.05, 0) is 42.7 Å². The van der Waals surface area contributed by atoms with E-state index in [0.29, 0.717) is 12.1 Å². The van der Waals surface area contributed by atoms with Crippen molar-refractivity contribution in [3.05, 3.63) is 64.7 Å². The van der Waals surface area contributed by atoms with E-state index in [1.165, 1.54) is 0 Å². The molecule has 2 N–H and O–H groups in total. The molecule has 148 valence electrons. The number of hydrogen-bond donors (Lipinski definition) is 2. The Morgan fingerprint density at radius 2 is 1.57 bits per heavy atom. The highest BCUT2D eigenvalue weighted by Gasteiger charge is 2.20. The molecule has 28 heavy (non-hydrogen) atoms. The number of para-hydroxylation sites is 1. The molecule has 1 saturated heterocycles. The summed E-state index contributed by atoms with van der Waals surface area (Å²) in [6.07, 6.45) is 0. The lowest BCUT2D eigenvalue weighted by Gasteiger charge is -2.34. The Morgan fingerprint density at radius 1 is 0.964 bits per heavy atom. The van der Waals surface area contributed by atoms with Crippen LogP contribution in [0.15, 0.2) is 42.5 Å². The molecule has 0 aliphatic carbocycles. The highest BCUT2D eigenvalue weighted by molar-refractivity contribution is 5.93. The normalized spacial score (nSPS) is 15.4. The van der Waals surface area contributed by atoms with Gasteiger partial charge in [-0.1, -0.05) is 30.3 Å². The Bertz CT molecular complexity index is 838. The molecule has 0 unspecified atom stereocenters. The van der Waals surface area contributed by atoms with Gasteiger partial charge >= 0.3 is 5.97 Å². The van der Waals surface area contributed by atoms with Crippen LogP contribution in [0.4, 0.5) is 5.69 Å². The number of nitrogens with zero attached hydrogens (tertiary/aromatic N) is 2. The number of carbonyl (C=O) groups is 2. The second-order valence-electron chi connectivity index (χ2n) is 7.37. The van der Waals surface area contributed by atoms with Crippen LogP contribution in [0.2, 0.25) is 0 Å². The van der Waals surface area contributed by atoms with Crippen molar-refractivity contribution >= 4 is 17.6 Å². The van der Waals surface area contributed by atoms with E-state index in [0.717, 1.165) is 55.1 Å². The van der Waals surface area contributed by atoms with E-state index in [1.54, 1.807) is 18.2 Å². The molecule has 0 bridgehead atoms. The Morgan fingerprint density at radius 3 is 2.21 bits per heavy atom. The largest absolute Gasteiger partial charge is 0.478 e. The number of amides is 1. The summed E-state index contributed by atoms with van der Waals surface area (Å²) >= 11 is 0. The highest BCUT2D eigenvalue weighted by atomic mass is 16.4. The summed E-state index contributed by atoms with van der Waals surface area (Å²) in [6.45, 7) is 8.46. The van der Waals surface area contributed by atoms with E-state index in [-0.39, 0.29) is 5.91 Å². The van der Waals surface area contributed by atoms with Gasteiger partial charge in [-0.2, -0.15) is 0 Å². The SMILES string of the molecule is Cc1cccc(C)c1NC(=O)CN1CCN(Cc2cccc(C(=O)O)c2)CC1. The van der Waals surface area contributed by atoms with Crippen LogP contribution in [0.1, 0.15) is 27.0 Å². The van der Waals surface area contributed by atoms with Crippen LogP contribution in [-0.2, 0) is 11.3 Å². The number of rotatable bonds is 6. The van der Waals surface area contributed by atoms with Crippen LogP contribution in [0, 0.1) is 13.8 Å². The maximum atomic E-state index is 12.4. The Labute approximate surface area is 165 Å². The number of nitrogens with one attached hydrogen (secondary N) is 1. The molecule has 1 aliphatic heterocycles. The molecule has 2 aromatic carbocycles. The lowest BCUT2D eigenvalue weighted by Crippen LogP contribution is -2.48. The number of carboxylic acid groups (broad SMARTS) is 1. The summed E-state index contributed by atoms with van der Waals surface area (Å²) in [5.74, 6) is -0.887. The standard InChI is InChI=1S/C22H27N3O3/c1-16-5-3-6-17(2)21(16)23-20(26)15-25-11-9-24(10-12-25)14-18-7-4-8-19(13-18)22(27)28/h3-8,13H,9-12,14-15H2,1-2H3,(H,23,26)(H,27,28). The monoisotopic (exact) mass is 381 g/mol. The predicted octanol–water partition coefficient (Wildman–Crippen LogP) is 2.76. The van der Waals surface area contributed by atoms with Gasteiger partial charge in [0.15, 0.2) is 0 Å². The fourth-order valence-corrected chi connectivity index (χ4v) is 3.56. The zero-order chi connectivity index (χ0) is 20.1. The quantitative estimate of drug-likeness (QED) is 0.805. The van der Waals surface area contributed by atoms with Crippen LogP contribution >= 0.6 is 0 Å². The van der Waals surface area contributed by atoms with E-state index in [9.17, 15) is 9.59 Å². The van der Waals surface area contributed by atoms with Gasteiger partial charge in [0, 0.05) is 38.4 Å². The van der Waals surface area contributed by atoms with Crippen molar-refractivity contribution in [2.75, 3.05) is 38.0 Å². The van der Waals surface area contributed by atoms with Crippen molar-refractivity contribution in [2.24, 2.45) is 0 Å². The number of hydrogen-bond acceptors (Lipinski definition) is 4. The zero-order valence-electron chi connectivity index (χ0n) is 16.4. The summed E-state index contributed by atoms with van der Waals surface area (Å²) in [6, 6.07) is 13.1. The fourth-order valence-electron chi connectivity index (χ4n) is 3.56. The van der Waals surface area contributed by atoms with Gasteiger partial charge in [-0.3, -0.25) is 14.6 Å². The number of aryl methyl sites for hydroxylation is 2. The van der Waals surface area contributed by atoms with Crippen molar-refractivity contribution < 1.29 is 14.7 Å². The van der Waals surface area contributed by atoms with Crippen molar-refractivity contribution in [3.63, 3.8) is 0 Å². The van der Waals surface area contributed by atoms with Crippen LogP contribution in [0.3, 0.4) is 0 Å². The molecule has 1 amide bonds. The van der Waals surface area contributed by atoms with Gasteiger partial charge < -0.3 is 10.4 Å². The molecule has 0 saturated carbocycles. The summed E-state index contributed by atoms with van der Waals surface area (Å²) < 4.78 is 0. The molecular weight excluding hydrogens is 354 g/mol. The van der Waals surface area contributed by atoms with Gasteiger partial charge in [0.2, 0.25) is 5.91 Å². The van der Waals surface area contributed by atoms with Crippen molar-refractivity contribution in [3.8, 4) is 0 Å². The third-order valence-electron chi connectivity index (χ3n) is 5.16. The predicted molar refractivity (Wildman–Crippen MR) is 110 cm³/mol. The summed E-state index contributed by atoms with van der Waals surface area (Å²) in [5, 5.41) is 12.2. The first-order valence-corrected chi connectivity index (χ1v) is 9.55. The molecule has 6 nitrogen and oxygen atoms in total. The Hall–Kier alpha value is -2.70. The molecular formula is C22H27N3O3. The van der Waals surface area contributed by atoms with E-state index in [4.69, 9.17) is 5.11 Å². The average molecular weight is 381 g/mol. The smallest absolute Gasteiger partial charge is 0.335 e. The summed E-state index contributed by atoms with van der Waals surface area (Å²) in [4.78, 5) is 28.0. The maximum Gasteiger partial charge on any atom is 0.335 e. The molecule has 2 aromatic rings. The number of carboxylic acids is 1. The lowest BCUT2D eigenvalue weighted by molar-refractivity contribution is -0.117. The number of anilines is 1. The van der Waals surface area contributed by atoms with Crippen molar-refractivity contribution in [1.82, 2.24) is 9.80 Å². The molecule has 0 spiro atoms. The first kappa shape index (κ1) is 20.0. The van der Waals surface area contributed by atoms with Gasteiger partial charge in [0.25, 0.3) is 0 Å². The van der Waals surface area contributed by atoms with E-state index >= 15 is 0 Å². The third-order valence-corrected chi connectivity index (χ3v) is 5.16. The Balaban J connectivity index is 1.48. The lowest BCUT2D eigenvalue weighted by atomic mass is 10.1. The molecule has 6 heteroatoms. The van der Waals surface area contributed by atoms with Gasteiger partial charge in [0.1, 0.15) is 0 Å². The molecule has 1 fully saturated rings. The molecule has 3 rings (SSSR count). The van der Waals surface area contributed by atoms with E-state index in [2.05, 4.69) is 15.1 Å². The Kier molecular flexibility index (Phi) is 6.44. The summed E-state index contributed by atoms with van der Waals surface area (Å²) in [5.41, 5.74) is 4.37. The molecule has 0 aromatic heterocycles. The molecule has 0 atom stereocenters. The number of benzene rings is 2. The van der Waals surface area contributed by atoms with E-state index in [1.807, 2.05) is 38.1 Å². The number of aromatic carboxylic acids is 1. The average Bonchev–Trinajstić information content (AvgIpc) is 2.67. The zero-order valence-corrected chi connectivity index (χ0v) is 16.4. The third kappa shape index (κ3) is 5.18. The van der Waals surface area contributed by atoms with Gasteiger partial charge in [-0.15, -0.1) is 0 Å². The van der Waals surface area contributed by atoms with Gasteiger partial charge in [-0.25, -0.2) is 4.79 Å². The second-order valence-corrected chi connectivity index (χ2v) is 7.37. The first-order valence-electron chi connectivity index (χ1n) is 9.55. The number of carbonyl (C=O) groups excluding carboxylic acids is 1. The maximum absolute atomic E-state index is 12.4. The minimum Gasteiger partial charge on any atom is -0.478 e. The molecule has 0 radical (unpaired) electrons. The first-order chi connectivity index (χ1) is 13.4. The van der Waals surface area contributed by atoms with Crippen LogP contribution < -0.4 is 5.32 Å². The minimum atomic E-state index is -0.901. The number of piperazine rings is 1. The fraction of sp³-hybridized carbons (Fsp3) is 0.364. The van der Waals surface area contributed by atoms with Gasteiger partial charge in [0.05, 0.1) is 12.1 Å². The minimum absolute atomic E-state index is 0.0139. The van der Waals surface area contributed by atoms with Crippen LogP contribution in [0.5, 0.6) is 0 Å². The topological polar surface area (TPSA) is 72.9 Å². The van der Waals surface area contributed by atoms with E-state index < -0.39 is 5.97 Å². The highest BCUT2D eigenvalue weighted by Crippen LogP contribution is 2.19. The molecule has 1 aliphatic rings. The van der Waals surface area contributed by atoms with Crippen molar-refractivity contribution in [1.29, 1.82) is 0 Å². The summed E-state index contributed by atoms with van der Waals surface area (Å²) in [7, 11) is 0. The van der Waals surface area contributed by atoms with Crippen LogP contribution in [-0.4, -0.2) is 59.5 Å². The second kappa shape index (κ2) is 8.99.